The Kier molecular flexibility index (Phi) is 4.85. The molecule has 0 spiro atoms. The molecule has 0 aliphatic heterocycles. The Morgan fingerprint density at radius 2 is 1.92 bits per heavy atom. The monoisotopic (exact) mass is 322 g/mol. The molecule has 0 aliphatic rings. The number of ether oxygens (including phenoxy) is 1. The number of hydrogen-bond donors (Lipinski definition) is 2. The van der Waals surface area contributed by atoms with E-state index >= 15 is 0 Å². The van der Waals surface area contributed by atoms with Gasteiger partial charge in [-0.15, -0.1) is 0 Å². The number of carbonyl (C=O) groups excluding carboxylic acids is 1. The predicted octanol–water partition coefficient (Wildman–Crippen LogP) is 4.77. The second-order valence-electron chi connectivity index (χ2n) is 5.89. The summed E-state index contributed by atoms with van der Waals surface area (Å²) in [6.07, 6.45) is 3.45. The Balaban J connectivity index is 1.72. The highest BCUT2D eigenvalue weighted by Gasteiger charge is 2.10. The highest BCUT2D eigenvalue weighted by molar-refractivity contribution is 6.06. The lowest BCUT2D eigenvalue weighted by molar-refractivity contribution is 0.102. The van der Waals surface area contributed by atoms with E-state index in [1.54, 1.807) is 7.11 Å². The highest BCUT2D eigenvalue weighted by atomic mass is 16.5. The van der Waals surface area contributed by atoms with Gasteiger partial charge in [-0.1, -0.05) is 25.5 Å². The number of benzene rings is 2. The van der Waals surface area contributed by atoms with Crippen molar-refractivity contribution in [2.75, 3.05) is 12.4 Å². The van der Waals surface area contributed by atoms with Gasteiger partial charge in [0.25, 0.3) is 5.91 Å². The van der Waals surface area contributed by atoms with Gasteiger partial charge in [-0.3, -0.25) is 4.79 Å². The average Bonchev–Trinajstić information content (AvgIpc) is 3.04. The van der Waals surface area contributed by atoms with Crippen LogP contribution in [0.2, 0.25) is 0 Å². The maximum Gasteiger partial charge on any atom is 0.272 e. The number of methoxy groups -OCH3 is 1. The summed E-state index contributed by atoms with van der Waals surface area (Å²) >= 11 is 0. The quantitative estimate of drug-likeness (QED) is 0.687. The summed E-state index contributed by atoms with van der Waals surface area (Å²) in [5, 5.41) is 3.88. The molecule has 0 aliphatic carbocycles. The molecule has 2 aromatic carbocycles. The average molecular weight is 322 g/mol. The van der Waals surface area contributed by atoms with Gasteiger partial charge in [-0.2, -0.15) is 0 Å². The maximum atomic E-state index is 12.4. The number of anilines is 1. The molecule has 4 heteroatoms. The predicted molar refractivity (Wildman–Crippen MR) is 97.9 cm³/mol. The van der Waals surface area contributed by atoms with E-state index in [1.807, 2.05) is 36.4 Å². The van der Waals surface area contributed by atoms with Gasteiger partial charge >= 0.3 is 0 Å². The van der Waals surface area contributed by atoms with Crippen LogP contribution in [0.1, 0.15) is 35.8 Å². The first kappa shape index (κ1) is 16.1. The van der Waals surface area contributed by atoms with Crippen LogP contribution in [0.25, 0.3) is 10.9 Å². The van der Waals surface area contributed by atoms with Gasteiger partial charge < -0.3 is 15.0 Å². The first-order valence-corrected chi connectivity index (χ1v) is 8.26. The van der Waals surface area contributed by atoms with Crippen LogP contribution in [-0.2, 0) is 6.42 Å². The third-order valence-corrected chi connectivity index (χ3v) is 4.10. The zero-order valence-corrected chi connectivity index (χ0v) is 14.1. The Morgan fingerprint density at radius 3 is 2.62 bits per heavy atom. The molecule has 4 nitrogen and oxygen atoms in total. The molecule has 0 saturated heterocycles. The molecule has 0 fully saturated rings. The minimum atomic E-state index is -0.147. The fourth-order valence-corrected chi connectivity index (χ4v) is 2.69. The zero-order chi connectivity index (χ0) is 16.9. The van der Waals surface area contributed by atoms with E-state index in [1.165, 1.54) is 18.4 Å². The van der Waals surface area contributed by atoms with Crippen molar-refractivity contribution in [2.24, 2.45) is 0 Å². The number of hydrogen-bond acceptors (Lipinski definition) is 2. The Bertz CT molecular complexity index is 834. The normalized spacial score (nSPS) is 10.8. The molecule has 0 bridgehead atoms. The fraction of sp³-hybridized carbons (Fsp3) is 0.250. The lowest BCUT2D eigenvalue weighted by Crippen LogP contribution is -2.12. The molecule has 24 heavy (non-hydrogen) atoms. The number of aryl methyl sites for hydroxylation is 1. The van der Waals surface area contributed by atoms with E-state index in [0.29, 0.717) is 5.69 Å². The number of aromatic nitrogens is 1. The van der Waals surface area contributed by atoms with E-state index in [0.717, 1.165) is 28.8 Å². The number of aromatic amines is 1. The van der Waals surface area contributed by atoms with Gasteiger partial charge in [0.15, 0.2) is 0 Å². The van der Waals surface area contributed by atoms with Crippen molar-refractivity contribution in [3.05, 3.63) is 59.8 Å². The third kappa shape index (κ3) is 3.59. The smallest absolute Gasteiger partial charge is 0.272 e. The van der Waals surface area contributed by atoms with Crippen LogP contribution in [0.5, 0.6) is 5.75 Å². The number of rotatable bonds is 6. The van der Waals surface area contributed by atoms with E-state index in [4.69, 9.17) is 4.74 Å². The molecule has 1 amide bonds. The summed E-state index contributed by atoms with van der Waals surface area (Å²) in [6, 6.07) is 15.6. The molecule has 3 aromatic rings. The maximum absolute atomic E-state index is 12.4. The number of carbonyl (C=O) groups is 1. The van der Waals surface area contributed by atoms with Crippen LogP contribution in [0.15, 0.2) is 48.5 Å². The van der Waals surface area contributed by atoms with E-state index in [-0.39, 0.29) is 5.91 Å². The van der Waals surface area contributed by atoms with Gasteiger partial charge in [0, 0.05) is 16.6 Å². The summed E-state index contributed by atoms with van der Waals surface area (Å²) in [4.78, 5) is 15.6. The van der Waals surface area contributed by atoms with Crippen molar-refractivity contribution in [3.8, 4) is 5.75 Å². The van der Waals surface area contributed by atoms with Crippen molar-refractivity contribution < 1.29 is 9.53 Å². The molecule has 0 atom stereocenters. The molecule has 1 heterocycles. The molecule has 124 valence electrons. The summed E-state index contributed by atoms with van der Waals surface area (Å²) in [5.74, 6) is 0.627. The Morgan fingerprint density at radius 1 is 1.12 bits per heavy atom. The van der Waals surface area contributed by atoms with Crippen LogP contribution in [0.4, 0.5) is 5.69 Å². The second-order valence-corrected chi connectivity index (χ2v) is 5.89. The summed E-state index contributed by atoms with van der Waals surface area (Å²) < 4.78 is 5.21. The van der Waals surface area contributed by atoms with Gasteiger partial charge in [-0.25, -0.2) is 0 Å². The van der Waals surface area contributed by atoms with Crippen LogP contribution in [-0.4, -0.2) is 18.0 Å². The minimum Gasteiger partial charge on any atom is -0.497 e. The largest absolute Gasteiger partial charge is 0.497 e. The molecule has 0 unspecified atom stereocenters. The van der Waals surface area contributed by atoms with Crippen LogP contribution >= 0.6 is 0 Å². The molecule has 1 aromatic heterocycles. The number of nitrogens with one attached hydrogen (secondary N) is 2. The van der Waals surface area contributed by atoms with Crippen LogP contribution < -0.4 is 10.1 Å². The molecule has 2 N–H and O–H groups in total. The topological polar surface area (TPSA) is 54.1 Å². The molecular formula is C20H22N2O2. The van der Waals surface area contributed by atoms with E-state index in [9.17, 15) is 4.79 Å². The van der Waals surface area contributed by atoms with E-state index < -0.39 is 0 Å². The lowest BCUT2D eigenvalue weighted by atomic mass is 10.1. The molecule has 0 radical (unpaired) electrons. The SMILES string of the molecule is CCCCc1ccc(NC(=O)c2cc3cc(OC)ccc3[nH]2)cc1. The van der Waals surface area contributed by atoms with Gasteiger partial charge in [0.2, 0.25) is 0 Å². The standard InChI is InChI=1S/C20H22N2O2/c1-3-4-5-14-6-8-16(9-7-14)21-20(23)19-13-15-12-17(24-2)10-11-18(15)22-19/h6-13,22H,3-5H2,1-2H3,(H,21,23). The lowest BCUT2D eigenvalue weighted by Gasteiger charge is -2.05. The number of amides is 1. The zero-order valence-electron chi connectivity index (χ0n) is 14.1. The Labute approximate surface area is 141 Å². The second kappa shape index (κ2) is 7.21. The first-order valence-electron chi connectivity index (χ1n) is 8.26. The number of unbranched alkanes of at least 4 members (excludes halogenated alkanes) is 1. The van der Waals surface area contributed by atoms with Gasteiger partial charge in [0.05, 0.1) is 7.11 Å². The number of H-pyrrole nitrogens is 1. The Hall–Kier alpha value is -2.75. The molecule has 0 saturated carbocycles. The van der Waals surface area contributed by atoms with Crippen molar-refractivity contribution >= 4 is 22.5 Å². The minimum absolute atomic E-state index is 0.147. The van der Waals surface area contributed by atoms with Crippen molar-refractivity contribution in [3.63, 3.8) is 0 Å². The van der Waals surface area contributed by atoms with Crippen molar-refractivity contribution in [1.82, 2.24) is 4.98 Å². The summed E-state index contributed by atoms with van der Waals surface area (Å²) in [5.41, 5.74) is 3.55. The van der Waals surface area contributed by atoms with Crippen molar-refractivity contribution in [2.45, 2.75) is 26.2 Å². The van der Waals surface area contributed by atoms with Crippen molar-refractivity contribution in [1.29, 1.82) is 0 Å². The summed E-state index contributed by atoms with van der Waals surface area (Å²) in [6.45, 7) is 2.19. The first-order chi connectivity index (χ1) is 11.7. The van der Waals surface area contributed by atoms with Gasteiger partial charge in [0.1, 0.15) is 11.4 Å². The molecular weight excluding hydrogens is 300 g/mol. The van der Waals surface area contributed by atoms with Crippen LogP contribution in [0.3, 0.4) is 0 Å². The summed E-state index contributed by atoms with van der Waals surface area (Å²) in [7, 11) is 1.63. The van der Waals surface area contributed by atoms with Gasteiger partial charge in [-0.05, 0) is 54.8 Å². The third-order valence-electron chi connectivity index (χ3n) is 4.10. The highest BCUT2D eigenvalue weighted by Crippen LogP contribution is 2.22. The number of fused-ring (bicyclic) bond motifs is 1. The van der Waals surface area contributed by atoms with Crippen LogP contribution in [0, 0.1) is 0 Å². The van der Waals surface area contributed by atoms with E-state index in [2.05, 4.69) is 29.4 Å². The molecule has 3 rings (SSSR count). The fourth-order valence-electron chi connectivity index (χ4n) is 2.69.